The van der Waals surface area contributed by atoms with Crippen molar-refractivity contribution in [2.24, 2.45) is 0 Å². The topological polar surface area (TPSA) is 101 Å². The Morgan fingerprint density at radius 1 is 1.00 bits per heavy atom. The fourth-order valence-electron chi connectivity index (χ4n) is 3.93. The number of aldehydes is 1. The molecule has 1 aromatic rings. The lowest BCUT2D eigenvalue weighted by atomic mass is 10.0. The van der Waals surface area contributed by atoms with Crippen molar-refractivity contribution in [2.75, 3.05) is 0 Å². The van der Waals surface area contributed by atoms with Gasteiger partial charge in [-0.25, -0.2) is 0 Å². The van der Waals surface area contributed by atoms with Crippen LogP contribution < -0.4 is 5.32 Å². The number of unbranched alkanes of at least 4 members (excludes halogenated alkanes) is 7. The second-order valence-corrected chi connectivity index (χ2v) is 7.80. The Hall–Kier alpha value is -3.27. The van der Waals surface area contributed by atoms with Crippen LogP contribution in [0.25, 0.3) is 0 Å². The van der Waals surface area contributed by atoms with E-state index in [0.29, 0.717) is 18.4 Å². The minimum atomic E-state index is -0.975. The third kappa shape index (κ3) is 5.26. The first-order chi connectivity index (χ1) is 15.0. The van der Waals surface area contributed by atoms with E-state index in [1.807, 2.05) is 0 Å². The maximum absolute atomic E-state index is 13.0. The summed E-state index contributed by atoms with van der Waals surface area (Å²) in [5.74, 6) is 4.03. The van der Waals surface area contributed by atoms with Crippen LogP contribution in [0, 0.1) is 11.8 Å². The number of rotatable bonds is 9. The molecule has 2 aliphatic rings. The molecule has 31 heavy (non-hydrogen) atoms. The van der Waals surface area contributed by atoms with Crippen LogP contribution in [0.2, 0.25) is 0 Å². The van der Waals surface area contributed by atoms with E-state index in [9.17, 15) is 24.0 Å². The number of fused-ring (bicyclic) bond motifs is 1. The molecule has 1 atom stereocenters. The van der Waals surface area contributed by atoms with Gasteiger partial charge in [0.1, 0.15) is 12.3 Å². The number of piperidine rings is 1. The van der Waals surface area contributed by atoms with Crippen LogP contribution in [0.1, 0.15) is 90.5 Å². The van der Waals surface area contributed by atoms with Crippen LogP contribution in [-0.4, -0.2) is 40.9 Å². The van der Waals surface area contributed by atoms with Crippen molar-refractivity contribution in [3.8, 4) is 11.8 Å². The molecule has 4 amide bonds. The molecule has 162 valence electrons. The van der Waals surface area contributed by atoms with Crippen molar-refractivity contribution < 1.29 is 24.0 Å². The third-order valence-electron chi connectivity index (χ3n) is 5.56. The summed E-state index contributed by atoms with van der Waals surface area (Å²) in [7, 11) is 0. The zero-order valence-electron chi connectivity index (χ0n) is 17.4. The molecule has 1 N–H and O–H groups in total. The van der Waals surface area contributed by atoms with E-state index >= 15 is 0 Å². The summed E-state index contributed by atoms with van der Waals surface area (Å²) in [4.78, 5) is 60.6. The van der Waals surface area contributed by atoms with E-state index in [-0.39, 0.29) is 24.0 Å². The first-order valence-corrected chi connectivity index (χ1v) is 10.8. The van der Waals surface area contributed by atoms with Gasteiger partial charge in [0.15, 0.2) is 0 Å². The Balaban J connectivity index is 1.60. The van der Waals surface area contributed by atoms with Crippen molar-refractivity contribution in [1.82, 2.24) is 10.2 Å². The maximum atomic E-state index is 13.0. The molecule has 1 fully saturated rings. The van der Waals surface area contributed by atoms with Gasteiger partial charge in [-0.3, -0.25) is 29.4 Å². The molecule has 2 heterocycles. The largest absolute Gasteiger partial charge is 0.303 e. The van der Waals surface area contributed by atoms with E-state index in [4.69, 9.17) is 0 Å². The number of nitrogens with one attached hydrogen (secondary N) is 1. The highest BCUT2D eigenvalue weighted by Crippen LogP contribution is 2.29. The van der Waals surface area contributed by atoms with Crippen LogP contribution in [0.4, 0.5) is 0 Å². The molecule has 0 radical (unpaired) electrons. The van der Waals surface area contributed by atoms with Gasteiger partial charge in [-0.15, -0.1) is 0 Å². The Kier molecular flexibility index (Phi) is 7.71. The standard InChI is InChI=1S/C24H26N2O5/c27-16-9-7-5-3-1-2-4-6-8-11-17-12-10-13-18-21(17)24(31)26(23(18)30)19-14-15-20(28)25-22(19)29/h10,12-13,16,19H,1-7,9,14-15H2,(H,25,28,29). The quantitative estimate of drug-likeness (QED) is 0.285. The van der Waals surface area contributed by atoms with E-state index in [2.05, 4.69) is 17.2 Å². The van der Waals surface area contributed by atoms with Gasteiger partial charge < -0.3 is 4.79 Å². The molecule has 1 aromatic carbocycles. The van der Waals surface area contributed by atoms with Crippen molar-refractivity contribution in [3.05, 3.63) is 34.9 Å². The summed E-state index contributed by atoms with van der Waals surface area (Å²) in [6, 6.07) is 3.98. The smallest absolute Gasteiger partial charge is 0.263 e. The summed E-state index contributed by atoms with van der Waals surface area (Å²) in [5.41, 5.74) is 0.969. The molecule has 0 aliphatic carbocycles. The van der Waals surface area contributed by atoms with Crippen molar-refractivity contribution in [2.45, 2.75) is 70.3 Å². The van der Waals surface area contributed by atoms with Crippen molar-refractivity contribution >= 4 is 29.9 Å². The van der Waals surface area contributed by atoms with Gasteiger partial charge in [0, 0.05) is 24.8 Å². The fourth-order valence-corrected chi connectivity index (χ4v) is 3.93. The Labute approximate surface area is 181 Å². The number of imide groups is 2. The zero-order chi connectivity index (χ0) is 22.2. The summed E-state index contributed by atoms with van der Waals surface area (Å²) >= 11 is 0. The lowest BCUT2D eigenvalue weighted by molar-refractivity contribution is -0.136. The first-order valence-electron chi connectivity index (χ1n) is 10.8. The lowest BCUT2D eigenvalue weighted by Crippen LogP contribution is -2.54. The van der Waals surface area contributed by atoms with Crippen LogP contribution in [0.3, 0.4) is 0 Å². The molecule has 1 saturated heterocycles. The Bertz CT molecular complexity index is 956. The van der Waals surface area contributed by atoms with Crippen LogP contribution in [-0.2, 0) is 14.4 Å². The second-order valence-electron chi connectivity index (χ2n) is 7.80. The normalized spacial score (nSPS) is 17.8. The number of carbonyl (C=O) groups excluding carboxylic acids is 5. The summed E-state index contributed by atoms with van der Waals surface area (Å²) < 4.78 is 0. The molecular weight excluding hydrogens is 396 g/mol. The minimum Gasteiger partial charge on any atom is -0.303 e. The minimum absolute atomic E-state index is 0.0908. The number of hydrogen-bond acceptors (Lipinski definition) is 5. The van der Waals surface area contributed by atoms with Gasteiger partial charge in [-0.2, -0.15) is 0 Å². The highest BCUT2D eigenvalue weighted by Gasteiger charge is 2.45. The predicted octanol–water partition coefficient (Wildman–Crippen LogP) is 2.76. The molecule has 2 aliphatic heterocycles. The molecule has 1 unspecified atom stereocenters. The average Bonchev–Trinajstić information content (AvgIpc) is 3.01. The van der Waals surface area contributed by atoms with E-state index in [1.165, 1.54) is 0 Å². The van der Waals surface area contributed by atoms with E-state index in [0.717, 1.165) is 49.7 Å². The van der Waals surface area contributed by atoms with E-state index < -0.39 is 29.7 Å². The summed E-state index contributed by atoms with van der Waals surface area (Å²) in [6.07, 6.45) is 8.75. The number of hydrogen-bond donors (Lipinski definition) is 1. The number of amides is 4. The number of nitrogens with zero attached hydrogens (tertiary/aromatic N) is 1. The summed E-state index contributed by atoms with van der Waals surface area (Å²) in [6.45, 7) is 0. The van der Waals surface area contributed by atoms with Gasteiger partial charge in [0.05, 0.1) is 11.1 Å². The second kappa shape index (κ2) is 10.7. The summed E-state index contributed by atoms with van der Waals surface area (Å²) in [5, 5.41) is 2.19. The first kappa shape index (κ1) is 22.4. The highest BCUT2D eigenvalue weighted by molar-refractivity contribution is 6.24. The predicted molar refractivity (Wildman–Crippen MR) is 113 cm³/mol. The molecule has 7 heteroatoms. The monoisotopic (exact) mass is 422 g/mol. The Morgan fingerprint density at radius 2 is 1.74 bits per heavy atom. The van der Waals surface area contributed by atoms with E-state index in [1.54, 1.807) is 18.2 Å². The van der Waals surface area contributed by atoms with Crippen LogP contribution in [0.5, 0.6) is 0 Å². The fraction of sp³-hybridized carbons (Fsp3) is 0.458. The molecule has 0 spiro atoms. The number of carbonyl (C=O) groups is 5. The van der Waals surface area contributed by atoms with Gasteiger partial charge in [-0.1, -0.05) is 43.6 Å². The highest BCUT2D eigenvalue weighted by atomic mass is 16.2. The molecule has 0 aromatic heterocycles. The van der Waals surface area contributed by atoms with Gasteiger partial charge in [0.2, 0.25) is 11.8 Å². The van der Waals surface area contributed by atoms with Crippen LogP contribution in [0.15, 0.2) is 18.2 Å². The third-order valence-corrected chi connectivity index (χ3v) is 5.56. The molecule has 3 rings (SSSR count). The SMILES string of the molecule is O=CCCCCCCCCC#Cc1cccc2c1C(=O)N(C1CCC(=O)NC1=O)C2=O. The molecule has 0 bridgehead atoms. The number of benzene rings is 1. The zero-order valence-corrected chi connectivity index (χ0v) is 17.4. The average molecular weight is 422 g/mol. The molecular formula is C24H26N2O5. The van der Waals surface area contributed by atoms with Crippen molar-refractivity contribution in [3.63, 3.8) is 0 Å². The maximum Gasteiger partial charge on any atom is 0.263 e. The van der Waals surface area contributed by atoms with Gasteiger partial charge in [0.25, 0.3) is 11.8 Å². The molecule has 0 saturated carbocycles. The Morgan fingerprint density at radius 3 is 2.48 bits per heavy atom. The van der Waals surface area contributed by atoms with Crippen LogP contribution >= 0.6 is 0 Å². The van der Waals surface area contributed by atoms with Crippen molar-refractivity contribution in [1.29, 1.82) is 0 Å². The molecule has 7 nitrogen and oxygen atoms in total. The van der Waals surface area contributed by atoms with Gasteiger partial charge >= 0.3 is 0 Å². The van der Waals surface area contributed by atoms with Gasteiger partial charge in [-0.05, 0) is 31.4 Å². The lowest BCUT2D eigenvalue weighted by Gasteiger charge is -2.27.